The summed E-state index contributed by atoms with van der Waals surface area (Å²) in [6.45, 7) is 6.44. The Morgan fingerprint density at radius 2 is 1.33 bits per heavy atom. The van der Waals surface area contributed by atoms with Crippen molar-refractivity contribution in [3.05, 3.63) is 46.5 Å². The SMILES string of the molecule is Cc1ccc2c3c(ccc(C(=O)NC4CCC(C)CC4)c13)C(=O)N(C1CCC(C)CC1)C2=O. The van der Waals surface area contributed by atoms with E-state index in [4.69, 9.17) is 0 Å². The van der Waals surface area contributed by atoms with Crippen molar-refractivity contribution in [2.24, 2.45) is 11.8 Å². The van der Waals surface area contributed by atoms with Crippen LogP contribution in [0.25, 0.3) is 10.8 Å². The van der Waals surface area contributed by atoms with E-state index in [2.05, 4.69) is 19.2 Å². The third-order valence-corrected chi connectivity index (χ3v) is 8.21. The van der Waals surface area contributed by atoms with Crippen molar-refractivity contribution in [3.63, 3.8) is 0 Å². The molecule has 2 saturated carbocycles. The third-order valence-electron chi connectivity index (χ3n) is 8.21. The van der Waals surface area contributed by atoms with Gasteiger partial charge in [-0.2, -0.15) is 0 Å². The Balaban J connectivity index is 1.52. The second-order valence-electron chi connectivity index (χ2n) is 10.7. The number of nitrogens with one attached hydrogen (secondary N) is 1. The lowest BCUT2D eigenvalue weighted by Gasteiger charge is -2.37. The summed E-state index contributed by atoms with van der Waals surface area (Å²) in [5, 5.41) is 4.61. The van der Waals surface area contributed by atoms with E-state index < -0.39 is 0 Å². The van der Waals surface area contributed by atoms with E-state index in [1.165, 1.54) is 4.90 Å². The number of carbonyl (C=O) groups excluding carboxylic acids is 3. The Bertz CT molecular complexity index is 1100. The maximum Gasteiger partial charge on any atom is 0.261 e. The quantitative estimate of drug-likeness (QED) is 0.621. The van der Waals surface area contributed by atoms with Crippen LogP contribution in [0.15, 0.2) is 24.3 Å². The minimum Gasteiger partial charge on any atom is -0.349 e. The second-order valence-corrected chi connectivity index (χ2v) is 10.7. The molecule has 2 aromatic carbocycles. The predicted octanol–water partition coefficient (Wildman–Crippen LogP) is 5.63. The number of hydrogen-bond donors (Lipinski definition) is 1. The number of carbonyl (C=O) groups is 3. The number of benzene rings is 2. The van der Waals surface area contributed by atoms with Gasteiger partial charge in [0.2, 0.25) is 0 Å². The molecule has 1 aliphatic heterocycles. The van der Waals surface area contributed by atoms with Crippen molar-refractivity contribution in [1.82, 2.24) is 10.2 Å². The zero-order valence-electron chi connectivity index (χ0n) is 19.9. The van der Waals surface area contributed by atoms with E-state index in [1.54, 1.807) is 12.1 Å². The van der Waals surface area contributed by atoms with Gasteiger partial charge in [0.25, 0.3) is 17.7 Å². The molecule has 174 valence electrons. The molecule has 0 atom stereocenters. The van der Waals surface area contributed by atoms with Crippen molar-refractivity contribution < 1.29 is 14.4 Å². The van der Waals surface area contributed by atoms with E-state index in [0.717, 1.165) is 62.3 Å². The van der Waals surface area contributed by atoms with Crippen molar-refractivity contribution in [1.29, 1.82) is 0 Å². The molecule has 2 fully saturated rings. The van der Waals surface area contributed by atoms with Crippen LogP contribution in [0.2, 0.25) is 0 Å². The summed E-state index contributed by atoms with van der Waals surface area (Å²) < 4.78 is 0. The Kier molecular flexibility index (Phi) is 5.75. The van der Waals surface area contributed by atoms with Gasteiger partial charge in [0.1, 0.15) is 0 Å². The molecule has 0 unspecified atom stereocenters. The highest BCUT2D eigenvalue weighted by atomic mass is 16.2. The zero-order valence-corrected chi connectivity index (χ0v) is 19.9. The van der Waals surface area contributed by atoms with Crippen LogP contribution in [0.3, 0.4) is 0 Å². The monoisotopic (exact) mass is 446 g/mol. The van der Waals surface area contributed by atoms with Crippen LogP contribution in [0.1, 0.15) is 102 Å². The number of imide groups is 1. The summed E-state index contributed by atoms with van der Waals surface area (Å²) in [6, 6.07) is 7.43. The molecule has 5 nitrogen and oxygen atoms in total. The molecule has 33 heavy (non-hydrogen) atoms. The van der Waals surface area contributed by atoms with Crippen molar-refractivity contribution in [2.75, 3.05) is 0 Å². The van der Waals surface area contributed by atoms with Gasteiger partial charge in [-0.25, -0.2) is 0 Å². The fourth-order valence-corrected chi connectivity index (χ4v) is 6.06. The maximum atomic E-state index is 13.5. The van der Waals surface area contributed by atoms with Crippen LogP contribution in [0.5, 0.6) is 0 Å². The fraction of sp³-hybridized carbons (Fsp3) is 0.536. The third kappa shape index (κ3) is 3.85. The molecule has 2 aromatic rings. The van der Waals surface area contributed by atoms with Gasteiger partial charge in [0.15, 0.2) is 0 Å². The first-order chi connectivity index (χ1) is 15.8. The van der Waals surface area contributed by atoms with Gasteiger partial charge >= 0.3 is 0 Å². The average Bonchev–Trinajstić information content (AvgIpc) is 2.80. The van der Waals surface area contributed by atoms with E-state index >= 15 is 0 Å². The molecular formula is C28H34N2O3. The highest BCUT2D eigenvalue weighted by molar-refractivity contribution is 6.28. The maximum absolute atomic E-state index is 13.5. The van der Waals surface area contributed by atoms with Crippen molar-refractivity contribution in [2.45, 2.75) is 84.2 Å². The van der Waals surface area contributed by atoms with Crippen LogP contribution in [0.4, 0.5) is 0 Å². The predicted molar refractivity (Wildman–Crippen MR) is 129 cm³/mol. The zero-order chi connectivity index (χ0) is 23.3. The number of rotatable bonds is 3. The minimum absolute atomic E-state index is 0.0395. The van der Waals surface area contributed by atoms with E-state index in [0.29, 0.717) is 33.9 Å². The molecular weight excluding hydrogens is 412 g/mol. The molecule has 0 aromatic heterocycles. The molecule has 5 rings (SSSR count). The molecule has 0 bridgehead atoms. The fourth-order valence-electron chi connectivity index (χ4n) is 6.06. The molecule has 0 radical (unpaired) electrons. The first-order valence-corrected chi connectivity index (χ1v) is 12.6. The summed E-state index contributed by atoms with van der Waals surface area (Å²) in [6.07, 6.45) is 8.07. The smallest absolute Gasteiger partial charge is 0.261 e. The lowest BCUT2D eigenvalue weighted by Crippen LogP contribution is -2.48. The lowest BCUT2D eigenvalue weighted by atomic mass is 9.83. The van der Waals surface area contributed by atoms with Gasteiger partial charge in [0.05, 0.1) is 0 Å². The van der Waals surface area contributed by atoms with Gasteiger partial charge in [0, 0.05) is 34.2 Å². The average molecular weight is 447 g/mol. The topological polar surface area (TPSA) is 66.5 Å². The standard InChI is InChI=1S/C28H34N2O3/c1-16-4-9-19(10-5-16)29-26(31)21-14-15-23-25-22(13-8-18(3)24(21)25)27(32)30(28(23)33)20-11-6-17(2)7-12-20/h8,13-17,19-20H,4-7,9-12H2,1-3H3,(H,29,31). The Hall–Kier alpha value is -2.69. The van der Waals surface area contributed by atoms with E-state index in [9.17, 15) is 14.4 Å². The molecule has 3 amide bonds. The lowest BCUT2D eigenvalue weighted by molar-refractivity contribution is 0.0487. The number of aryl methyl sites for hydroxylation is 1. The largest absolute Gasteiger partial charge is 0.349 e. The summed E-state index contributed by atoms with van der Waals surface area (Å²) >= 11 is 0. The first-order valence-electron chi connectivity index (χ1n) is 12.6. The van der Waals surface area contributed by atoms with E-state index in [-0.39, 0.29) is 29.8 Å². The van der Waals surface area contributed by atoms with E-state index in [1.807, 2.05) is 19.1 Å². The number of amides is 3. The highest BCUT2D eigenvalue weighted by Crippen LogP contribution is 2.38. The highest BCUT2D eigenvalue weighted by Gasteiger charge is 2.39. The van der Waals surface area contributed by atoms with Gasteiger partial charge in [-0.3, -0.25) is 19.3 Å². The van der Waals surface area contributed by atoms with Gasteiger partial charge < -0.3 is 5.32 Å². The molecule has 1 N–H and O–H groups in total. The number of hydrogen-bond acceptors (Lipinski definition) is 3. The Morgan fingerprint density at radius 3 is 1.94 bits per heavy atom. The van der Waals surface area contributed by atoms with Crippen LogP contribution >= 0.6 is 0 Å². The van der Waals surface area contributed by atoms with Gasteiger partial charge in [-0.05, 0) is 99.3 Å². The van der Waals surface area contributed by atoms with Crippen LogP contribution in [-0.4, -0.2) is 34.7 Å². The molecule has 2 aliphatic carbocycles. The molecule has 3 aliphatic rings. The summed E-state index contributed by atoms with van der Waals surface area (Å²) in [7, 11) is 0. The second kappa shape index (κ2) is 8.58. The number of nitrogens with zero attached hydrogens (tertiary/aromatic N) is 1. The molecule has 1 heterocycles. The molecule has 0 saturated heterocycles. The first kappa shape index (κ1) is 22.1. The Labute approximate surface area is 195 Å². The molecule has 5 heteroatoms. The minimum atomic E-state index is -0.212. The van der Waals surface area contributed by atoms with Crippen LogP contribution < -0.4 is 5.32 Å². The normalized spacial score (nSPS) is 27.7. The Morgan fingerprint density at radius 1 is 0.788 bits per heavy atom. The summed E-state index contributed by atoms with van der Waals surface area (Å²) in [4.78, 5) is 41.9. The molecule has 0 spiro atoms. The van der Waals surface area contributed by atoms with Gasteiger partial charge in [-0.15, -0.1) is 0 Å². The van der Waals surface area contributed by atoms with Crippen LogP contribution in [0, 0.1) is 18.8 Å². The van der Waals surface area contributed by atoms with Gasteiger partial charge in [-0.1, -0.05) is 19.9 Å². The van der Waals surface area contributed by atoms with Crippen molar-refractivity contribution >= 4 is 28.5 Å². The summed E-state index contributed by atoms with van der Waals surface area (Å²) in [5.41, 5.74) is 2.57. The van der Waals surface area contributed by atoms with Crippen molar-refractivity contribution in [3.8, 4) is 0 Å². The summed E-state index contributed by atoms with van der Waals surface area (Å²) in [5.74, 6) is 0.827. The van der Waals surface area contributed by atoms with Crippen LogP contribution in [-0.2, 0) is 0 Å².